The maximum Gasteiger partial charge on any atom is 0.467 e. The minimum atomic E-state index is -0.348. The van der Waals surface area contributed by atoms with E-state index in [-0.39, 0.29) is 16.5 Å². The highest BCUT2D eigenvalue weighted by atomic mass is 32.1. The number of nitrogen functional groups attached to an aromatic ring is 1. The van der Waals surface area contributed by atoms with Gasteiger partial charge >= 0.3 is 11.7 Å². The first kappa shape index (κ1) is 10.6. The lowest BCUT2D eigenvalue weighted by molar-refractivity contribution is 0.601. The van der Waals surface area contributed by atoms with Gasteiger partial charge in [-0.3, -0.25) is 0 Å². The second-order valence-electron chi connectivity index (χ2n) is 2.55. The zero-order valence-corrected chi connectivity index (χ0v) is 8.91. The summed E-state index contributed by atoms with van der Waals surface area (Å²) in [5.41, 5.74) is 6.03. The molecule has 14 heavy (non-hydrogen) atoms. The van der Waals surface area contributed by atoms with E-state index in [0.717, 1.165) is 11.3 Å². The maximum absolute atomic E-state index is 10.6. The van der Waals surface area contributed by atoms with E-state index < -0.39 is 0 Å². The van der Waals surface area contributed by atoms with Crippen LogP contribution in [0.15, 0.2) is 0 Å². The SMILES string of the molecule is CC([S+]=O)c1sc(C#N)c(N)c1C#N. The molecule has 4 nitrogen and oxygen atoms in total. The van der Waals surface area contributed by atoms with Crippen molar-refractivity contribution >= 4 is 28.7 Å². The fraction of sp³-hybridized carbons (Fsp3) is 0.250. The van der Waals surface area contributed by atoms with Crippen LogP contribution in [0.5, 0.6) is 0 Å². The van der Waals surface area contributed by atoms with E-state index in [1.807, 2.05) is 12.1 Å². The Labute approximate surface area is 89.1 Å². The first-order chi connectivity index (χ1) is 6.65. The zero-order chi connectivity index (χ0) is 10.7. The number of nitrogens with two attached hydrogens (primary N) is 1. The van der Waals surface area contributed by atoms with Crippen LogP contribution < -0.4 is 5.73 Å². The van der Waals surface area contributed by atoms with Crippen molar-refractivity contribution in [3.05, 3.63) is 15.3 Å². The van der Waals surface area contributed by atoms with Gasteiger partial charge in [-0.05, 0) is 0 Å². The number of nitrogens with zero attached hydrogens (tertiary/aromatic N) is 2. The molecular weight excluding hydrogens is 218 g/mol. The van der Waals surface area contributed by atoms with E-state index in [4.69, 9.17) is 16.3 Å². The Balaban J connectivity index is 3.40. The Morgan fingerprint density at radius 1 is 1.50 bits per heavy atom. The third-order valence-electron chi connectivity index (χ3n) is 1.70. The lowest BCUT2D eigenvalue weighted by Crippen LogP contribution is -1.93. The van der Waals surface area contributed by atoms with Gasteiger partial charge in [-0.15, -0.1) is 11.3 Å². The van der Waals surface area contributed by atoms with Gasteiger partial charge in [-0.2, -0.15) is 10.5 Å². The first-order valence-corrected chi connectivity index (χ1v) is 5.28. The van der Waals surface area contributed by atoms with E-state index >= 15 is 0 Å². The fourth-order valence-electron chi connectivity index (χ4n) is 0.991. The summed E-state index contributed by atoms with van der Waals surface area (Å²) in [6.45, 7) is 1.69. The van der Waals surface area contributed by atoms with E-state index in [0.29, 0.717) is 21.4 Å². The summed E-state index contributed by atoms with van der Waals surface area (Å²) in [4.78, 5) is 0.888. The Morgan fingerprint density at radius 2 is 2.14 bits per heavy atom. The van der Waals surface area contributed by atoms with Gasteiger partial charge in [0.05, 0.1) is 16.1 Å². The predicted octanol–water partition coefficient (Wildman–Crippen LogP) is 1.56. The van der Waals surface area contributed by atoms with Crippen LogP contribution in [0.3, 0.4) is 0 Å². The van der Waals surface area contributed by atoms with Gasteiger partial charge in [-0.25, -0.2) is 0 Å². The Kier molecular flexibility index (Phi) is 3.13. The highest BCUT2D eigenvalue weighted by Gasteiger charge is 2.27. The Hall–Kier alpha value is -1.50. The third kappa shape index (κ3) is 1.58. The summed E-state index contributed by atoms with van der Waals surface area (Å²) in [7, 11) is 0. The number of nitriles is 2. The van der Waals surface area contributed by atoms with Crippen LogP contribution in [0.1, 0.15) is 27.5 Å². The minimum Gasteiger partial charge on any atom is -0.396 e. The van der Waals surface area contributed by atoms with Gasteiger partial charge < -0.3 is 5.73 Å². The number of hydrogen-bond donors (Lipinski definition) is 1. The molecule has 0 aliphatic carbocycles. The van der Waals surface area contributed by atoms with Gasteiger partial charge in [0, 0.05) is 11.1 Å². The Bertz CT molecular complexity index is 452. The van der Waals surface area contributed by atoms with Crippen LogP contribution in [0, 0.1) is 22.7 Å². The summed E-state index contributed by atoms with van der Waals surface area (Å²) >= 11 is 1.50. The molecule has 1 aromatic rings. The van der Waals surface area contributed by atoms with Gasteiger partial charge in [0.1, 0.15) is 17.0 Å². The van der Waals surface area contributed by atoms with Gasteiger partial charge in [-0.1, -0.05) is 0 Å². The number of thiophene rings is 1. The van der Waals surface area contributed by atoms with Crippen molar-refractivity contribution in [2.45, 2.75) is 12.2 Å². The van der Waals surface area contributed by atoms with Gasteiger partial charge in [0.2, 0.25) is 0 Å². The maximum atomic E-state index is 10.6. The highest BCUT2D eigenvalue weighted by Crippen LogP contribution is 2.34. The quantitative estimate of drug-likeness (QED) is 0.772. The summed E-state index contributed by atoms with van der Waals surface area (Å²) < 4.78 is 10.6. The topological polar surface area (TPSA) is 90.7 Å². The molecule has 0 saturated carbocycles. The molecule has 0 aliphatic rings. The number of hydrogen-bond acceptors (Lipinski definition) is 5. The molecule has 1 aromatic heterocycles. The van der Waals surface area contributed by atoms with Crippen molar-refractivity contribution in [1.29, 1.82) is 10.5 Å². The van der Waals surface area contributed by atoms with Crippen molar-refractivity contribution in [2.75, 3.05) is 5.73 Å². The molecule has 0 bridgehead atoms. The molecule has 0 saturated heterocycles. The smallest absolute Gasteiger partial charge is 0.396 e. The number of anilines is 1. The van der Waals surface area contributed by atoms with Crippen LogP contribution in [-0.4, -0.2) is 0 Å². The Morgan fingerprint density at radius 3 is 2.57 bits per heavy atom. The lowest BCUT2D eigenvalue weighted by Gasteiger charge is -1.89. The van der Waals surface area contributed by atoms with E-state index in [1.54, 1.807) is 6.92 Å². The second-order valence-corrected chi connectivity index (χ2v) is 4.50. The molecule has 0 aliphatic heterocycles. The second kappa shape index (κ2) is 4.14. The molecular formula is C8H6N3OS2+. The third-order valence-corrected chi connectivity index (χ3v) is 3.67. The van der Waals surface area contributed by atoms with E-state index in [1.165, 1.54) is 0 Å². The summed E-state index contributed by atoms with van der Waals surface area (Å²) in [6.07, 6.45) is 0. The molecule has 0 radical (unpaired) electrons. The molecule has 1 unspecified atom stereocenters. The molecule has 1 heterocycles. The molecule has 1 atom stereocenters. The van der Waals surface area contributed by atoms with Crippen molar-refractivity contribution in [1.82, 2.24) is 0 Å². The molecule has 0 amide bonds. The molecule has 70 valence electrons. The standard InChI is InChI=1S/C8H6N3OS2/c1-4(14-12)8-5(2-9)7(11)6(3-10)13-8/h4H,11H2,1H3/q+1. The van der Waals surface area contributed by atoms with Gasteiger partial charge in [0.15, 0.2) is 0 Å². The molecule has 6 heteroatoms. The number of rotatable bonds is 2. The van der Waals surface area contributed by atoms with Crippen molar-refractivity contribution in [3.63, 3.8) is 0 Å². The predicted molar refractivity (Wildman–Crippen MR) is 54.6 cm³/mol. The van der Waals surface area contributed by atoms with Crippen LogP contribution in [0.4, 0.5) is 5.69 Å². The average Bonchev–Trinajstić information content (AvgIpc) is 2.53. The lowest BCUT2D eigenvalue weighted by atomic mass is 10.2. The normalized spacial score (nSPS) is 11.4. The van der Waals surface area contributed by atoms with Crippen LogP contribution >= 0.6 is 11.3 Å². The van der Waals surface area contributed by atoms with Crippen LogP contribution in [0.25, 0.3) is 0 Å². The van der Waals surface area contributed by atoms with Crippen molar-refractivity contribution in [3.8, 4) is 12.1 Å². The molecule has 0 aromatic carbocycles. The zero-order valence-electron chi connectivity index (χ0n) is 7.27. The molecule has 2 N–H and O–H groups in total. The van der Waals surface area contributed by atoms with Crippen molar-refractivity contribution < 1.29 is 4.21 Å². The summed E-state index contributed by atoms with van der Waals surface area (Å²) in [5.74, 6) is 0. The molecule has 1 rings (SSSR count). The largest absolute Gasteiger partial charge is 0.467 e. The van der Waals surface area contributed by atoms with E-state index in [2.05, 4.69) is 0 Å². The summed E-state index contributed by atoms with van der Waals surface area (Å²) in [6, 6.07) is 3.82. The van der Waals surface area contributed by atoms with E-state index in [9.17, 15) is 4.21 Å². The highest BCUT2D eigenvalue weighted by molar-refractivity contribution is 7.66. The molecule has 0 spiro atoms. The fourth-order valence-corrected chi connectivity index (χ4v) is 2.36. The minimum absolute atomic E-state index is 0.191. The van der Waals surface area contributed by atoms with Crippen molar-refractivity contribution in [2.24, 2.45) is 0 Å². The first-order valence-electron chi connectivity index (χ1n) is 3.66. The monoisotopic (exact) mass is 224 g/mol. The van der Waals surface area contributed by atoms with Crippen LogP contribution in [0.2, 0.25) is 0 Å². The summed E-state index contributed by atoms with van der Waals surface area (Å²) in [5, 5.41) is 17.2. The van der Waals surface area contributed by atoms with Crippen LogP contribution in [-0.2, 0) is 15.9 Å². The van der Waals surface area contributed by atoms with Gasteiger partial charge in [0.25, 0.3) is 5.25 Å². The average molecular weight is 224 g/mol. The molecule has 0 fully saturated rings.